The minimum atomic E-state index is -3.16. The van der Waals surface area contributed by atoms with Crippen molar-refractivity contribution >= 4 is 27.6 Å². The molecule has 3 amide bonds. The van der Waals surface area contributed by atoms with Gasteiger partial charge in [-0.1, -0.05) is 13.3 Å². The van der Waals surface area contributed by atoms with E-state index in [2.05, 4.69) is 0 Å². The van der Waals surface area contributed by atoms with Crippen molar-refractivity contribution in [1.82, 2.24) is 18.9 Å². The second-order valence-corrected chi connectivity index (χ2v) is 15.4. The van der Waals surface area contributed by atoms with Crippen LogP contribution in [-0.2, 0) is 21.2 Å². The smallest absolute Gasteiger partial charge is 0.334 e. The molecule has 2 atom stereocenters. The summed E-state index contributed by atoms with van der Waals surface area (Å²) >= 11 is 0. The molecule has 14 heteroatoms. The van der Waals surface area contributed by atoms with Gasteiger partial charge in [0.15, 0.2) is 9.84 Å². The van der Waals surface area contributed by atoms with Gasteiger partial charge in [0.1, 0.15) is 17.4 Å². The highest BCUT2D eigenvalue weighted by Gasteiger charge is 2.48. The van der Waals surface area contributed by atoms with Crippen molar-refractivity contribution in [2.75, 3.05) is 25.1 Å². The van der Waals surface area contributed by atoms with E-state index in [1.165, 1.54) is 16.5 Å². The Hall–Kier alpha value is -3.16. The Morgan fingerprint density at radius 1 is 1.02 bits per heavy atom. The molecule has 42 heavy (non-hydrogen) atoms. The molecule has 5 rings (SSSR count). The van der Waals surface area contributed by atoms with Gasteiger partial charge in [0.05, 0.1) is 11.5 Å². The van der Waals surface area contributed by atoms with Gasteiger partial charge in [0.25, 0.3) is 11.5 Å². The predicted octanol–water partition coefficient (Wildman–Crippen LogP) is 1.40. The number of urea groups is 1. The van der Waals surface area contributed by atoms with Crippen LogP contribution in [-0.4, -0.2) is 81.4 Å². The lowest BCUT2D eigenvalue weighted by molar-refractivity contribution is -0.128. The Morgan fingerprint density at radius 2 is 1.67 bits per heavy atom. The summed E-state index contributed by atoms with van der Waals surface area (Å²) in [5.41, 5.74) is 3.57. The van der Waals surface area contributed by atoms with E-state index in [1.54, 1.807) is 0 Å². The van der Waals surface area contributed by atoms with Gasteiger partial charge in [-0.15, -0.1) is 0 Å². The largest absolute Gasteiger partial charge is 0.494 e. The number of likely N-dealkylation sites (N-methyl/N-ethyl adjacent to an activating group) is 1. The third kappa shape index (κ3) is 5.61. The van der Waals surface area contributed by atoms with Crippen molar-refractivity contribution in [1.29, 1.82) is 5.41 Å². The van der Waals surface area contributed by atoms with E-state index in [1.807, 2.05) is 6.92 Å². The minimum Gasteiger partial charge on any atom is -0.494 e. The van der Waals surface area contributed by atoms with Gasteiger partial charge in [-0.3, -0.25) is 29.0 Å². The highest BCUT2D eigenvalue weighted by Crippen LogP contribution is 2.45. The summed E-state index contributed by atoms with van der Waals surface area (Å²) in [6.07, 6.45) is 6.60. The number of nitrogens with two attached hydrogens (primary N) is 1. The summed E-state index contributed by atoms with van der Waals surface area (Å²) in [6, 6.07) is -1.57. The van der Waals surface area contributed by atoms with Crippen LogP contribution in [0, 0.1) is 22.7 Å². The summed E-state index contributed by atoms with van der Waals surface area (Å²) in [7, 11) is -1.71. The van der Waals surface area contributed by atoms with Gasteiger partial charge in [-0.05, 0) is 75.0 Å². The number of carbonyl (C=O) groups excluding carboxylic acids is 2. The van der Waals surface area contributed by atoms with Gasteiger partial charge in [0, 0.05) is 26.2 Å². The molecule has 1 aromatic heterocycles. The normalized spacial score (nSPS) is 30.0. The molecule has 232 valence electrons. The number of hydrogen-bond acceptors (Lipinski definition) is 8. The second kappa shape index (κ2) is 11.2. The molecule has 0 bridgehead atoms. The Labute approximate surface area is 245 Å². The first-order valence-corrected chi connectivity index (χ1v) is 16.7. The van der Waals surface area contributed by atoms with Crippen molar-refractivity contribution in [3.63, 3.8) is 0 Å². The Balaban J connectivity index is 1.34. The number of hydrogen-bond donors (Lipinski definition) is 3. The lowest BCUT2D eigenvalue weighted by atomic mass is 9.70. The van der Waals surface area contributed by atoms with Crippen molar-refractivity contribution < 1.29 is 23.1 Å². The van der Waals surface area contributed by atoms with E-state index in [4.69, 9.17) is 11.1 Å². The van der Waals surface area contributed by atoms with Crippen LogP contribution in [0.25, 0.3) is 0 Å². The number of nitrogens with zero attached hydrogens (tertiary/aromatic N) is 4. The average Bonchev–Trinajstić information content (AvgIpc) is 3.06. The number of aromatic nitrogens is 2. The van der Waals surface area contributed by atoms with E-state index < -0.39 is 50.9 Å². The maximum atomic E-state index is 13.5. The van der Waals surface area contributed by atoms with Crippen molar-refractivity contribution in [2.45, 2.75) is 89.8 Å². The fourth-order valence-electron chi connectivity index (χ4n) is 7.26. The summed E-state index contributed by atoms with van der Waals surface area (Å²) < 4.78 is 26.7. The number of nitrogen functional groups attached to an aromatic ring is 1. The highest BCUT2D eigenvalue weighted by atomic mass is 32.2. The van der Waals surface area contributed by atoms with E-state index in [-0.39, 0.29) is 53.3 Å². The molecule has 2 saturated carbocycles. The monoisotopic (exact) mass is 606 g/mol. The Kier molecular flexibility index (Phi) is 8.05. The van der Waals surface area contributed by atoms with E-state index >= 15 is 0 Å². The quantitative estimate of drug-likeness (QED) is 0.225. The van der Waals surface area contributed by atoms with E-state index in [9.17, 15) is 32.7 Å². The van der Waals surface area contributed by atoms with Gasteiger partial charge in [-0.25, -0.2) is 18.0 Å². The lowest BCUT2D eigenvalue weighted by Gasteiger charge is -2.40. The zero-order valence-corrected chi connectivity index (χ0v) is 25.2. The van der Waals surface area contributed by atoms with Crippen LogP contribution in [0.3, 0.4) is 0 Å². The van der Waals surface area contributed by atoms with Crippen LogP contribution >= 0.6 is 0 Å². The van der Waals surface area contributed by atoms with Crippen LogP contribution in [0.5, 0.6) is 5.88 Å². The van der Waals surface area contributed by atoms with Gasteiger partial charge < -0.3 is 15.7 Å². The number of imide groups is 1. The molecule has 0 spiro atoms. The first-order valence-electron chi connectivity index (χ1n) is 14.9. The average molecular weight is 607 g/mol. The van der Waals surface area contributed by atoms with Crippen LogP contribution in [0.4, 0.5) is 4.79 Å². The molecule has 4 N–H and O–H groups in total. The molecule has 2 saturated heterocycles. The standard InChI is InChI=1S/C28H42N6O7S/c1-28(13-20-23(35)31(2)26(38)32(20)15-18-7-4-12-42(40,41)16-18)10-8-19(9-11-28)34-25(37)21(22(29)30)24(36)33(27(34)39)14-17-5-3-6-17/h17-20,36H,3-16H2,1-2H3,(H3,29,30)/t18-,19?,20+,28?/m1/s1. The van der Waals surface area contributed by atoms with Crippen LogP contribution < -0.4 is 17.0 Å². The third-order valence-corrected chi connectivity index (χ3v) is 11.9. The van der Waals surface area contributed by atoms with Gasteiger partial charge in [0.2, 0.25) is 5.88 Å². The van der Waals surface area contributed by atoms with Gasteiger partial charge in [-0.2, -0.15) is 0 Å². The first kappa shape index (κ1) is 30.3. The molecule has 4 aliphatic rings. The molecule has 0 aromatic carbocycles. The third-order valence-electron chi connectivity index (χ3n) is 10.0. The molecule has 2 aliphatic heterocycles. The van der Waals surface area contributed by atoms with Crippen molar-refractivity contribution in [3.8, 4) is 5.88 Å². The molecule has 0 radical (unpaired) electrons. The molecule has 2 aliphatic carbocycles. The second-order valence-electron chi connectivity index (χ2n) is 13.2. The van der Waals surface area contributed by atoms with E-state index in [0.717, 1.165) is 28.7 Å². The zero-order chi connectivity index (χ0) is 30.6. The number of amidine groups is 1. The number of aromatic hydroxyl groups is 1. The zero-order valence-electron chi connectivity index (χ0n) is 24.4. The van der Waals surface area contributed by atoms with Crippen LogP contribution in [0.15, 0.2) is 9.59 Å². The fraction of sp³-hybridized carbons (Fsp3) is 0.750. The number of rotatable bonds is 8. The number of carbonyl (C=O) groups is 2. The molecular weight excluding hydrogens is 564 g/mol. The Morgan fingerprint density at radius 3 is 2.24 bits per heavy atom. The molecular formula is C28H42N6O7S. The van der Waals surface area contributed by atoms with E-state index in [0.29, 0.717) is 44.9 Å². The maximum Gasteiger partial charge on any atom is 0.334 e. The molecule has 1 aromatic rings. The van der Waals surface area contributed by atoms with Crippen LogP contribution in [0.1, 0.15) is 82.7 Å². The SMILES string of the molecule is CN1C(=O)[C@H](CC2(C)CCC(n3c(=O)c(C(=N)N)c(O)n(CC4CCC4)c3=O)CC2)N(C[C@H]2CCCS(=O)(=O)C2)C1=O. The van der Waals surface area contributed by atoms with Crippen molar-refractivity contribution in [3.05, 3.63) is 26.4 Å². The number of amides is 3. The fourth-order valence-corrected chi connectivity index (χ4v) is 9.03. The number of nitrogens with one attached hydrogen (secondary N) is 1. The lowest BCUT2D eigenvalue weighted by Crippen LogP contribution is -2.48. The topological polar surface area (TPSA) is 189 Å². The maximum absolute atomic E-state index is 13.5. The highest BCUT2D eigenvalue weighted by molar-refractivity contribution is 7.91. The summed E-state index contributed by atoms with van der Waals surface area (Å²) in [5.74, 6) is -1.27. The predicted molar refractivity (Wildman–Crippen MR) is 155 cm³/mol. The van der Waals surface area contributed by atoms with Crippen molar-refractivity contribution in [2.24, 2.45) is 23.0 Å². The number of sulfone groups is 1. The molecule has 0 unspecified atom stereocenters. The summed E-state index contributed by atoms with van der Waals surface area (Å²) in [5, 5.41) is 18.6. The van der Waals surface area contributed by atoms with Crippen LogP contribution in [0.2, 0.25) is 0 Å². The Bertz CT molecular complexity index is 1500. The minimum absolute atomic E-state index is 0.0161. The summed E-state index contributed by atoms with van der Waals surface area (Å²) in [6.45, 7) is 2.52. The molecule has 3 heterocycles. The first-order chi connectivity index (χ1) is 19.7. The van der Waals surface area contributed by atoms with Gasteiger partial charge >= 0.3 is 11.7 Å². The molecule has 4 fully saturated rings. The summed E-state index contributed by atoms with van der Waals surface area (Å²) in [4.78, 5) is 55.7. The molecule has 13 nitrogen and oxygen atoms in total.